The van der Waals surface area contributed by atoms with Crippen LogP contribution in [-0.2, 0) is 21.2 Å². The number of nitrogens with zero attached hydrogens (tertiary/aromatic N) is 4. The Bertz CT molecular complexity index is 760. The molecule has 0 aromatic carbocycles. The van der Waals surface area contributed by atoms with Crippen molar-refractivity contribution in [2.24, 2.45) is 4.99 Å². The minimum absolute atomic E-state index is 0. The molecule has 2 rings (SSSR count). The van der Waals surface area contributed by atoms with E-state index in [4.69, 9.17) is 4.74 Å². The lowest BCUT2D eigenvalue weighted by molar-refractivity contribution is 0.0904. The Kier molecular flexibility index (Phi) is 12.1. The van der Waals surface area contributed by atoms with Gasteiger partial charge in [0.2, 0.25) is 10.0 Å². The fourth-order valence-corrected chi connectivity index (χ4v) is 5.19. The van der Waals surface area contributed by atoms with Crippen LogP contribution in [0.2, 0.25) is 0 Å². The number of hydrogen-bond donors (Lipinski definition) is 1. The van der Waals surface area contributed by atoms with Gasteiger partial charge in [-0.25, -0.2) is 13.4 Å². The lowest BCUT2D eigenvalue weighted by atomic mass is 10.2. The van der Waals surface area contributed by atoms with Gasteiger partial charge < -0.3 is 15.0 Å². The van der Waals surface area contributed by atoms with E-state index in [1.54, 1.807) is 22.7 Å². The molecule has 0 spiro atoms. The summed E-state index contributed by atoms with van der Waals surface area (Å²) < 4.78 is 31.9. The van der Waals surface area contributed by atoms with Crippen LogP contribution in [0.1, 0.15) is 44.3 Å². The van der Waals surface area contributed by atoms with Gasteiger partial charge in [-0.15, -0.1) is 35.3 Å². The number of aromatic nitrogens is 1. The summed E-state index contributed by atoms with van der Waals surface area (Å²) >= 11 is 1.71. The Labute approximate surface area is 202 Å². The summed E-state index contributed by atoms with van der Waals surface area (Å²) in [5, 5.41) is 6.66. The standard InChI is InChI=1S/C19H35N5O3S2.HI/c1-15(2)18-22-17(14-28-18)6-7-21-19(20-5)23-8-10-24(11-9-23)29(25,26)13-12-27-16(3)4;/h14-16H,6-13H2,1-5H3,(H,20,21);1H. The zero-order valence-electron chi connectivity index (χ0n) is 18.6. The second kappa shape index (κ2) is 13.1. The molecule has 0 aliphatic carbocycles. The van der Waals surface area contributed by atoms with Gasteiger partial charge in [0.25, 0.3) is 0 Å². The van der Waals surface area contributed by atoms with Gasteiger partial charge in [0, 0.05) is 57.5 Å². The molecule has 174 valence electrons. The molecule has 11 heteroatoms. The molecule has 1 N–H and O–H groups in total. The maximum atomic E-state index is 12.5. The van der Waals surface area contributed by atoms with E-state index < -0.39 is 10.0 Å². The number of sulfonamides is 1. The van der Waals surface area contributed by atoms with Gasteiger partial charge in [-0.05, 0) is 13.8 Å². The number of thiazole rings is 1. The molecular formula is C19H36IN5O3S2. The summed E-state index contributed by atoms with van der Waals surface area (Å²) in [5.41, 5.74) is 1.10. The third kappa shape index (κ3) is 8.56. The SMILES string of the molecule is CN=C(NCCc1csc(C(C)C)n1)N1CCN(S(=O)(=O)CCOC(C)C)CC1.I. The van der Waals surface area contributed by atoms with E-state index in [1.165, 1.54) is 5.01 Å². The average molecular weight is 574 g/mol. The highest BCUT2D eigenvalue weighted by Gasteiger charge is 2.28. The Morgan fingerprint density at radius 1 is 1.27 bits per heavy atom. The van der Waals surface area contributed by atoms with Crippen molar-refractivity contribution in [3.05, 3.63) is 16.1 Å². The Hall–Kier alpha value is -0.500. The maximum Gasteiger partial charge on any atom is 0.216 e. The highest BCUT2D eigenvalue weighted by molar-refractivity contribution is 14.0. The van der Waals surface area contributed by atoms with Crippen LogP contribution in [0.25, 0.3) is 0 Å². The lowest BCUT2D eigenvalue weighted by Crippen LogP contribution is -2.54. The molecule has 0 amide bonds. The molecule has 30 heavy (non-hydrogen) atoms. The zero-order valence-corrected chi connectivity index (χ0v) is 22.6. The molecule has 1 fully saturated rings. The van der Waals surface area contributed by atoms with E-state index in [0.717, 1.165) is 24.6 Å². The number of hydrogen-bond acceptors (Lipinski definition) is 6. The molecular weight excluding hydrogens is 537 g/mol. The van der Waals surface area contributed by atoms with Crippen LogP contribution in [-0.4, -0.2) is 86.8 Å². The maximum absolute atomic E-state index is 12.5. The molecule has 2 heterocycles. The molecule has 0 unspecified atom stereocenters. The average Bonchev–Trinajstić information content (AvgIpc) is 3.14. The molecule has 1 aromatic heterocycles. The minimum atomic E-state index is -3.28. The Balaban J connectivity index is 0.00000450. The van der Waals surface area contributed by atoms with E-state index in [1.807, 2.05) is 13.8 Å². The van der Waals surface area contributed by atoms with Crippen LogP contribution in [0.5, 0.6) is 0 Å². The van der Waals surface area contributed by atoms with E-state index in [0.29, 0.717) is 32.1 Å². The second-order valence-electron chi connectivity index (χ2n) is 7.68. The molecule has 0 bridgehead atoms. The van der Waals surface area contributed by atoms with Crippen LogP contribution < -0.4 is 5.32 Å². The fourth-order valence-electron chi connectivity index (χ4n) is 3.03. The number of guanidine groups is 1. The van der Waals surface area contributed by atoms with E-state index in [-0.39, 0.29) is 42.4 Å². The summed E-state index contributed by atoms with van der Waals surface area (Å²) in [5.74, 6) is 1.30. The van der Waals surface area contributed by atoms with E-state index in [9.17, 15) is 8.42 Å². The quantitative estimate of drug-likeness (QED) is 0.278. The van der Waals surface area contributed by atoms with Gasteiger partial charge in [-0.2, -0.15) is 4.31 Å². The molecule has 1 aliphatic rings. The largest absolute Gasteiger partial charge is 0.378 e. The molecule has 8 nitrogen and oxygen atoms in total. The number of halogens is 1. The number of aliphatic imine (C=N–C) groups is 1. The normalized spacial score (nSPS) is 16.2. The lowest BCUT2D eigenvalue weighted by Gasteiger charge is -2.35. The summed E-state index contributed by atoms with van der Waals surface area (Å²) in [6.07, 6.45) is 0.879. The first kappa shape index (κ1) is 27.5. The Morgan fingerprint density at radius 3 is 2.47 bits per heavy atom. The topological polar surface area (TPSA) is 87.1 Å². The van der Waals surface area contributed by atoms with Gasteiger partial charge in [0.15, 0.2) is 5.96 Å². The van der Waals surface area contributed by atoms with Crippen LogP contribution in [0.3, 0.4) is 0 Å². The van der Waals surface area contributed by atoms with Crippen LogP contribution in [0.15, 0.2) is 10.4 Å². The predicted octanol–water partition coefficient (Wildman–Crippen LogP) is 2.37. The molecule has 1 aromatic rings. The summed E-state index contributed by atoms with van der Waals surface area (Å²) in [6.45, 7) is 11.3. The third-order valence-electron chi connectivity index (χ3n) is 4.66. The minimum Gasteiger partial charge on any atom is -0.378 e. The number of piperazine rings is 1. The fraction of sp³-hybridized carbons (Fsp3) is 0.789. The van der Waals surface area contributed by atoms with Crippen LogP contribution in [0.4, 0.5) is 0 Å². The smallest absolute Gasteiger partial charge is 0.216 e. The first-order valence-electron chi connectivity index (χ1n) is 10.2. The summed E-state index contributed by atoms with van der Waals surface area (Å²) in [7, 11) is -1.52. The molecule has 0 radical (unpaired) electrons. The van der Waals surface area contributed by atoms with Crippen molar-refractivity contribution in [2.75, 3.05) is 52.1 Å². The highest BCUT2D eigenvalue weighted by atomic mass is 127. The van der Waals surface area contributed by atoms with E-state index in [2.05, 4.69) is 39.4 Å². The summed E-state index contributed by atoms with van der Waals surface area (Å²) in [4.78, 5) is 11.1. The first-order chi connectivity index (χ1) is 13.7. The number of ether oxygens (including phenoxy) is 1. The molecule has 1 saturated heterocycles. The van der Waals surface area contributed by atoms with Crippen LogP contribution in [0, 0.1) is 0 Å². The molecule has 0 saturated carbocycles. The Morgan fingerprint density at radius 2 is 1.93 bits per heavy atom. The van der Waals surface area contributed by atoms with Gasteiger partial charge in [0.05, 0.1) is 29.2 Å². The monoisotopic (exact) mass is 573 g/mol. The number of rotatable bonds is 9. The van der Waals surface area contributed by atoms with Gasteiger partial charge in [0.1, 0.15) is 0 Å². The first-order valence-corrected chi connectivity index (χ1v) is 12.7. The highest BCUT2D eigenvalue weighted by Crippen LogP contribution is 2.19. The van der Waals surface area contributed by atoms with Crippen molar-refractivity contribution in [3.8, 4) is 0 Å². The zero-order chi connectivity index (χ0) is 21.4. The van der Waals surface area contributed by atoms with Crippen molar-refractivity contribution >= 4 is 51.3 Å². The predicted molar refractivity (Wildman–Crippen MR) is 135 cm³/mol. The van der Waals surface area contributed by atoms with Crippen LogP contribution >= 0.6 is 35.3 Å². The van der Waals surface area contributed by atoms with Crippen molar-refractivity contribution in [3.63, 3.8) is 0 Å². The second-order valence-corrected chi connectivity index (χ2v) is 10.7. The van der Waals surface area contributed by atoms with Crippen molar-refractivity contribution < 1.29 is 13.2 Å². The van der Waals surface area contributed by atoms with Gasteiger partial charge in [-0.1, -0.05) is 13.8 Å². The van der Waals surface area contributed by atoms with Crippen molar-refractivity contribution in [1.82, 2.24) is 19.5 Å². The third-order valence-corrected chi connectivity index (χ3v) is 7.69. The number of nitrogens with one attached hydrogen (secondary N) is 1. The summed E-state index contributed by atoms with van der Waals surface area (Å²) in [6, 6.07) is 0. The molecule has 1 aliphatic heterocycles. The van der Waals surface area contributed by atoms with E-state index >= 15 is 0 Å². The van der Waals surface area contributed by atoms with Gasteiger partial charge in [-0.3, -0.25) is 4.99 Å². The van der Waals surface area contributed by atoms with Crippen molar-refractivity contribution in [1.29, 1.82) is 0 Å². The van der Waals surface area contributed by atoms with Gasteiger partial charge >= 0.3 is 0 Å². The van der Waals surface area contributed by atoms with Crippen molar-refractivity contribution in [2.45, 2.75) is 46.1 Å². The molecule has 0 atom stereocenters.